The lowest BCUT2D eigenvalue weighted by Gasteiger charge is -2.26. The summed E-state index contributed by atoms with van der Waals surface area (Å²) in [6.45, 7) is 9.80. The number of carbonyl (C=O) groups is 1. The van der Waals surface area contributed by atoms with Gasteiger partial charge in [0, 0.05) is 51.8 Å². The third-order valence-electron chi connectivity index (χ3n) is 5.43. The molecule has 0 aromatic carbocycles. The number of fused-ring (bicyclic) bond motifs is 1. The highest BCUT2D eigenvalue weighted by molar-refractivity contribution is 5.94. The Bertz CT molecular complexity index is 642. The highest BCUT2D eigenvalue weighted by Gasteiger charge is 2.33. The first kappa shape index (κ1) is 19.3. The van der Waals surface area contributed by atoms with Gasteiger partial charge in [-0.1, -0.05) is 0 Å². The molecule has 0 bridgehead atoms. The topological polar surface area (TPSA) is 53.8 Å². The molecule has 0 aliphatic carbocycles. The first-order chi connectivity index (χ1) is 12.4. The maximum atomic E-state index is 13.3. The summed E-state index contributed by atoms with van der Waals surface area (Å²) in [6, 6.07) is 0. The summed E-state index contributed by atoms with van der Waals surface area (Å²) in [5.74, 6) is 0.122. The minimum atomic E-state index is -0.0489. The van der Waals surface area contributed by atoms with Gasteiger partial charge < -0.3 is 19.4 Å². The van der Waals surface area contributed by atoms with E-state index in [4.69, 9.17) is 4.74 Å². The third-order valence-corrected chi connectivity index (χ3v) is 5.43. The molecule has 3 heterocycles. The lowest BCUT2D eigenvalue weighted by molar-refractivity contribution is -0.00714. The number of rotatable bonds is 4. The molecule has 3 rings (SSSR count). The lowest BCUT2D eigenvalue weighted by Crippen LogP contribution is -2.38. The summed E-state index contributed by atoms with van der Waals surface area (Å²) in [6.07, 6.45) is 1.86. The quantitative estimate of drug-likeness (QED) is 0.803. The first-order valence-electron chi connectivity index (χ1n) is 9.74. The van der Waals surface area contributed by atoms with Gasteiger partial charge in [0.05, 0.1) is 17.9 Å². The zero-order chi connectivity index (χ0) is 18.8. The SMILES string of the molecule is C[C@@H]1Cc2c(nn(C)c2C(=O)N2CCCN(CCN(C)C)CC2)[C@H](C)O1. The number of likely N-dealkylation sites (N-methyl/N-ethyl adjacent to an activating group) is 1. The molecule has 7 nitrogen and oxygen atoms in total. The van der Waals surface area contributed by atoms with Crippen LogP contribution in [0.1, 0.15) is 48.1 Å². The molecule has 1 saturated heterocycles. The molecule has 0 N–H and O–H groups in total. The molecule has 2 aliphatic heterocycles. The average molecular weight is 364 g/mol. The highest BCUT2D eigenvalue weighted by Crippen LogP contribution is 2.31. The van der Waals surface area contributed by atoms with Gasteiger partial charge in [0.25, 0.3) is 5.91 Å². The van der Waals surface area contributed by atoms with E-state index >= 15 is 0 Å². The first-order valence-corrected chi connectivity index (χ1v) is 9.74. The van der Waals surface area contributed by atoms with Crippen molar-refractivity contribution in [3.05, 3.63) is 17.0 Å². The van der Waals surface area contributed by atoms with Gasteiger partial charge in [0.2, 0.25) is 0 Å². The summed E-state index contributed by atoms with van der Waals surface area (Å²) in [5, 5.41) is 4.60. The molecule has 0 unspecified atom stereocenters. The van der Waals surface area contributed by atoms with Gasteiger partial charge in [0.15, 0.2) is 0 Å². The summed E-state index contributed by atoms with van der Waals surface area (Å²) < 4.78 is 7.64. The number of aromatic nitrogens is 2. The fourth-order valence-corrected chi connectivity index (χ4v) is 4.02. The lowest BCUT2D eigenvalue weighted by atomic mass is 9.99. The minimum Gasteiger partial charge on any atom is -0.369 e. The van der Waals surface area contributed by atoms with Gasteiger partial charge in [-0.25, -0.2) is 0 Å². The number of nitrogens with zero attached hydrogens (tertiary/aromatic N) is 5. The second kappa shape index (κ2) is 8.06. The van der Waals surface area contributed by atoms with Crippen LogP contribution in [0.5, 0.6) is 0 Å². The van der Waals surface area contributed by atoms with Crippen molar-refractivity contribution >= 4 is 5.91 Å². The summed E-state index contributed by atoms with van der Waals surface area (Å²) in [4.78, 5) is 20.0. The fraction of sp³-hybridized carbons (Fsp3) is 0.789. The smallest absolute Gasteiger partial charge is 0.272 e. The number of ether oxygens (including phenoxy) is 1. The number of aryl methyl sites for hydroxylation is 1. The molecule has 0 radical (unpaired) electrons. The Morgan fingerprint density at radius 2 is 2.00 bits per heavy atom. The van der Waals surface area contributed by atoms with Crippen molar-refractivity contribution in [1.29, 1.82) is 0 Å². The summed E-state index contributed by atoms with van der Waals surface area (Å²) >= 11 is 0. The van der Waals surface area contributed by atoms with E-state index in [1.807, 2.05) is 18.9 Å². The van der Waals surface area contributed by atoms with Crippen molar-refractivity contribution in [3.8, 4) is 0 Å². The van der Waals surface area contributed by atoms with E-state index in [9.17, 15) is 4.79 Å². The van der Waals surface area contributed by atoms with Crippen LogP contribution in [-0.2, 0) is 18.2 Å². The molecule has 26 heavy (non-hydrogen) atoms. The predicted octanol–water partition coefficient (Wildman–Crippen LogP) is 1.15. The minimum absolute atomic E-state index is 0.0489. The molecule has 1 amide bonds. The maximum absolute atomic E-state index is 13.3. The molecule has 1 aromatic rings. The van der Waals surface area contributed by atoms with Crippen LogP contribution in [0.3, 0.4) is 0 Å². The van der Waals surface area contributed by atoms with E-state index in [2.05, 4.69) is 35.9 Å². The van der Waals surface area contributed by atoms with Crippen LogP contribution < -0.4 is 0 Å². The Morgan fingerprint density at radius 3 is 2.73 bits per heavy atom. The van der Waals surface area contributed by atoms with Crippen LogP contribution in [0.4, 0.5) is 0 Å². The Labute approximate surface area is 156 Å². The van der Waals surface area contributed by atoms with Crippen LogP contribution in [0.2, 0.25) is 0 Å². The normalized spacial score (nSPS) is 24.6. The molecule has 146 valence electrons. The Hall–Kier alpha value is -1.44. The molecular formula is C19H33N5O2. The van der Waals surface area contributed by atoms with Crippen molar-refractivity contribution in [2.75, 3.05) is 53.4 Å². The molecular weight excluding hydrogens is 330 g/mol. The maximum Gasteiger partial charge on any atom is 0.272 e. The number of amides is 1. The van der Waals surface area contributed by atoms with Crippen molar-refractivity contribution < 1.29 is 9.53 Å². The Balaban J connectivity index is 1.72. The van der Waals surface area contributed by atoms with Gasteiger partial charge in [0.1, 0.15) is 5.69 Å². The van der Waals surface area contributed by atoms with Gasteiger partial charge in [-0.15, -0.1) is 0 Å². The largest absolute Gasteiger partial charge is 0.369 e. The van der Waals surface area contributed by atoms with Crippen LogP contribution >= 0.6 is 0 Å². The number of carbonyl (C=O) groups excluding carboxylic acids is 1. The average Bonchev–Trinajstić information content (AvgIpc) is 2.76. The predicted molar refractivity (Wildman–Crippen MR) is 101 cm³/mol. The van der Waals surface area contributed by atoms with Gasteiger partial charge in [-0.2, -0.15) is 5.10 Å². The Kier molecular flexibility index (Phi) is 5.99. The monoisotopic (exact) mass is 363 g/mol. The van der Waals surface area contributed by atoms with E-state index in [1.54, 1.807) is 4.68 Å². The second-order valence-corrected chi connectivity index (χ2v) is 7.92. The third kappa shape index (κ3) is 4.10. The van der Waals surface area contributed by atoms with Crippen LogP contribution in [-0.4, -0.2) is 89.9 Å². The van der Waals surface area contributed by atoms with Gasteiger partial charge in [-0.05, 0) is 40.9 Å². The molecule has 1 fully saturated rings. The zero-order valence-corrected chi connectivity index (χ0v) is 16.9. The van der Waals surface area contributed by atoms with Gasteiger partial charge >= 0.3 is 0 Å². The van der Waals surface area contributed by atoms with Crippen LogP contribution in [0, 0.1) is 0 Å². The van der Waals surface area contributed by atoms with E-state index < -0.39 is 0 Å². The van der Waals surface area contributed by atoms with Crippen molar-refractivity contribution in [3.63, 3.8) is 0 Å². The molecule has 1 aromatic heterocycles. The van der Waals surface area contributed by atoms with E-state index in [1.165, 1.54) is 0 Å². The standard InChI is InChI=1S/C19H33N5O2/c1-14-13-16-17(15(2)26-14)20-22(5)18(16)19(25)24-8-6-7-23(11-12-24)10-9-21(3)4/h14-15H,6-13H2,1-5H3/t14-,15+/m1/s1. The molecule has 0 spiro atoms. The van der Waals surface area contributed by atoms with Crippen molar-refractivity contribution in [2.45, 2.75) is 38.9 Å². The second-order valence-electron chi connectivity index (χ2n) is 7.92. The van der Waals surface area contributed by atoms with Crippen molar-refractivity contribution in [2.24, 2.45) is 7.05 Å². The van der Waals surface area contributed by atoms with Crippen molar-refractivity contribution in [1.82, 2.24) is 24.5 Å². The molecule has 2 aliphatic rings. The number of hydrogen-bond acceptors (Lipinski definition) is 5. The van der Waals surface area contributed by atoms with Gasteiger partial charge in [-0.3, -0.25) is 9.48 Å². The van der Waals surface area contributed by atoms with Crippen LogP contribution in [0.15, 0.2) is 0 Å². The fourth-order valence-electron chi connectivity index (χ4n) is 4.02. The zero-order valence-electron chi connectivity index (χ0n) is 16.9. The highest BCUT2D eigenvalue weighted by atomic mass is 16.5. The van der Waals surface area contributed by atoms with E-state index in [0.717, 1.165) is 69.1 Å². The Morgan fingerprint density at radius 1 is 1.23 bits per heavy atom. The molecule has 2 atom stereocenters. The van der Waals surface area contributed by atoms with Crippen LogP contribution in [0.25, 0.3) is 0 Å². The van der Waals surface area contributed by atoms with E-state index in [0.29, 0.717) is 0 Å². The molecule has 0 saturated carbocycles. The van der Waals surface area contributed by atoms with E-state index in [-0.39, 0.29) is 18.1 Å². The number of hydrogen-bond donors (Lipinski definition) is 0. The summed E-state index contributed by atoms with van der Waals surface area (Å²) in [5.41, 5.74) is 2.76. The molecule has 7 heteroatoms. The summed E-state index contributed by atoms with van der Waals surface area (Å²) in [7, 11) is 6.08.